The van der Waals surface area contributed by atoms with Crippen LogP contribution >= 0.6 is 0 Å². The van der Waals surface area contributed by atoms with E-state index in [1.54, 1.807) is 6.92 Å². The summed E-state index contributed by atoms with van der Waals surface area (Å²) in [5.74, 6) is -0.558. The van der Waals surface area contributed by atoms with Crippen molar-refractivity contribution in [1.82, 2.24) is 0 Å². The largest absolute Gasteiger partial charge is 2.00 e. The maximum Gasteiger partial charge on any atom is 2.00 e. The van der Waals surface area contributed by atoms with E-state index in [9.17, 15) is 4.79 Å². The third kappa shape index (κ3) is 4.86. The summed E-state index contributed by atoms with van der Waals surface area (Å²) in [6, 6.07) is 7.87. The predicted molar refractivity (Wildman–Crippen MR) is 69.0 cm³/mol. The van der Waals surface area contributed by atoms with Gasteiger partial charge in [-0.2, -0.15) is 0 Å². The summed E-state index contributed by atoms with van der Waals surface area (Å²) in [6.45, 7) is 6.06. The summed E-state index contributed by atoms with van der Waals surface area (Å²) >= 11 is 0. The molecule has 0 amide bonds. The molecule has 0 saturated heterocycles. The Hall–Kier alpha value is -0.0503. The first kappa shape index (κ1) is 15.9. The molecule has 0 spiro atoms. The molecule has 0 radical (unpaired) electrons. The molecular weight excluding hydrogens is 228 g/mol. The number of aliphatic carboxylic acids is 1. The monoisotopic (exact) mass is 248 g/mol. The van der Waals surface area contributed by atoms with Crippen LogP contribution in [0.5, 0.6) is 0 Å². The van der Waals surface area contributed by atoms with Gasteiger partial charge in [0, 0.05) is 0 Å². The molecule has 16 heavy (non-hydrogen) atoms. The summed E-state index contributed by atoms with van der Waals surface area (Å²) in [7, 11) is 0. The van der Waals surface area contributed by atoms with Gasteiger partial charge in [0.1, 0.15) is 0 Å². The molecule has 0 bridgehead atoms. The minimum atomic E-state index is -0.772. The first-order valence-electron chi connectivity index (χ1n) is 5.32. The zero-order chi connectivity index (χ0) is 11.4. The van der Waals surface area contributed by atoms with E-state index in [0.29, 0.717) is 5.92 Å². The van der Waals surface area contributed by atoms with Crippen LogP contribution in [-0.4, -0.2) is 48.8 Å². The maximum absolute atomic E-state index is 10.8. The molecule has 0 aliphatic heterocycles. The molecule has 1 N–H and O–H groups in total. The Kier molecular flexibility index (Phi) is 7.29. The second-order valence-corrected chi connectivity index (χ2v) is 4.40. The van der Waals surface area contributed by atoms with Crippen LogP contribution in [0.3, 0.4) is 0 Å². The Morgan fingerprint density at radius 3 is 2.12 bits per heavy atom. The molecule has 0 aliphatic rings. The third-order valence-corrected chi connectivity index (χ3v) is 2.49. The molecule has 1 atom stereocenters. The van der Waals surface area contributed by atoms with Crippen LogP contribution in [0, 0.1) is 5.92 Å². The minimum Gasteiger partial charge on any atom is -1.00 e. The Bertz CT molecular complexity index is 339. The number of carboxylic acid groups (broad SMARTS) is 1. The Balaban J connectivity index is -0.000000750. The van der Waals surface area contributed by atoms with Crippen molar-refractivity contribution in [1.29, 1.82) is 0 Å². The zero-order valence-corrected chi connectivity index (χ0v) is 12.4. The zero-order valence-electron chi connectivity index (χ0n) is 12.2. The van der Waals surface area contributed by atoms with Gasteiger partial charge in [-0.3, -0.25) is 4.79 Å². The van der Waals surface area contributed by atoms with Gasteiger partial charge in [0.05, 0.1) is 5.92 Å². The van der Waals surface area contributed by atoms with E-state index in [1.807, 2.05) is 24.3 Å². The van der Waals surface area contributed by atoms with Gasteiger partial charge < -0.3 is 7.96 Å². The van der Waals surface area contributed by atoms with Crippen molar-refractivity contribution >= 4 is 43.7 Å². The molecule has 1 rings (SSSR count). The Labute approximate surface area is 130 Å². The van der Waals surface area contributed by atoms with Gasteiger partial charge >= 0.3 is 43.7 Å². The van der Waals surface area contributed by atoms with E-state index in [-0.39, 0.29) is 40.6 Å². The van der Waals surface area contributed by atoms with Crippen LogP contribution in [0.2, 0.25) is 0 Å². The van der Waals surface area contributed by atoms with Crippen molar-refractivity contribution in [3.05, 3.63) is 35.4 Å². The maximum atomic E-state index is 10.8. The van der Waals surface area contributed by atoms with Crippen molar-refractivity contribution in [3.8, 4) is 0 Å². The first-order chi connectivity index (χ1) is 7.00. The van der Waals surface area contributed by atoms with Crippen LogP contribution in [0.25, 0.3) is 0 Å². The summed E-state index contributed by atoms with van der Waals surface area (Å²) in [5, 5.41) is 8.85. The number of rotatable bonds is 4. The summed E-state index contributed by atoms with van der Waals surface area (Å²) < 4.78 is 0. The standard InChI is InChI=1S/C13H18O2.Ca.2H/c1-9(2)8-11-4-6-12(7-5-11)10(3)13(14)15;;;/h4-7,9-10H,8H2,1-3H3,(H,14,15);;;/q;+2;2*-1. The average Bonchev–Trinajstić information content (AvgIpc) is 2.17. The molecule has 0 fully saturated rings. The van der Waals surface area contributed by atoms with Crippen molar-refractivity contribution in [2.24, 2.45) is 5.92 Å². The van der Waals surface area contributed by atoms with Gasteiger partial charge in [0.25, 0.3) is 0 Å². The molecular formula is C13H20CaO2. The van der Waals surface area contributed by atoms with Crippen LogP contribution in [-0.2, 0) is 11.2 Å². The van der Waals surface area contributed by atoms with Gasteiger partial charge in [-0.15, -0.1) is 0 Å². The third-order valence-electron chi connectivity index (χ3n) is 2.49. The molecule has 3 heteroatoms. The molecule has 2 nitrogen and oxygen atoms in total. The van der Waals surface area contributed by atoms with Gasteiger partial charge in [-0.05, 0) is 30.4 Å². The van der Waals surface area contributed by atoms with E-state index in [2.05, 4.69) is 13.8 Å². The van der Waals surface area contributed by atoms with Crippen LogP contribution in [0.4, 0.5) is 0 Å². The number of hydrogen-bond acceptors (Lipinski definition) is 1. The number of carbonyl (C=O) groups is 1. The van der Waals surface area contributed by atoms with E-state index in [4.69, 9.17) is 5.11 Å². The average molecular weight is 248 g/mol. The topological polar surface area (TPSA) is 37.3 Å². The molecule has 0 saturated carbocycles. The van der Waals surface area contributed by atoms with Crippen molar-refractivity contribution < 1.29 is 12.8 Å². The van der Waals surface area contributed by atoms with Crippen LogP contribution < -0.4 is 0 Å². The summed E-state index contributed by atoms with van der Waals surface area (Å²) in [4.78, 5) is 10.8. The normalized spacial score (nSPS) is 12.0. The second kappa shape index (κ2) is 7.31. The molecule has 0 aliphatic carbocycles. The summed E-state index contributed by atoms with van der Waals surface area (Å²) in [6.07, 6.45) is 1.04. The molecule has 86 valence electrons. The molecule has 1 aromatic carbocycles. The Morgan fingerprint density at radius 2 is 1.75 bits per heavy atom. The second-order valence-electron chi connectivity index (χ2n) is 4.40. The summed E-state index contributed by atoms with van der Waals surface area (Å²) in [5.41, 5.74) is 2.14. The van der Waals surface area contributed by atoms with Crippen molar-refractivity contribution in [2.75, 3.05) is 0 Å². The van der Waals surface area contributed by atoms with E-state index < -0.39 is 11.9 Å². The smallest absolute Gasteiger partial charge is 1.00 e. The first-order valence-corrected chi connectivity index (χ1v) is 5.32. The fourth-order valence-corrected chi connectivity index (χ4v) is 1.56. The minimum absolute atomic E-state index is 0. The van der Waals surface area contributed by atoms with Gasteiger partial charge in [-0.25, -0.2) is 0 Å². The SMILES string of the molecule is CC(C)Cc1ccc(C(C)C(=O)O)cc1.[Ca+2].[H-].[H-]. The van der Waals surface area contributed by atoms with E-state index >= 15 is 0 Å². The van der Waals surface area contributed by atoms with Gasteiger partial charge in [-0.1, -0.05) is 38.1 Å². The fraction of sp³-hybridized carbons (Fsp3) is 0.462. The molecule has 0 heterocycles. The van der Waals surface area contributed by atoms with E-state index in [1.165, 1.54) is 5.56 Å². The quantitative estimate of drug-likeness (QED) is 0.832. The number of carboxylic acids is 1. The molecule has 1 unspecified atom stereocenters. The van der Waals surface area contributed by atoms with Gasteiger partial charge in [0.15, 0.2) is 0 Å². The number of hydrogen-bond donors (Lipinski definition) is 1. The predicted octanol–water partition coefficient (Wildman–Crippen LogP) is 2.92. The molecule has 1 aromatic rings. The van der Waals surface area contributed by atoms with Crippen LogP contribution in [0.15, 0.2) is 24.3 Å². The van der Waals surface area contributed by atoms with Crippen molar-refractivity contribution in [2.45, 2.75) is 33.1 Å². The van der Waals surface area contributed by atoms with E-state index in [0.717, 1.165) is 12.0 Å². The van der Waals surface area contributed by atoms with Crippen LogP contribution in [0.1, 0.15) is 40.7 Å². The molecule has 0 aromatic heterocycles. The Morgan fingerprint density at radius 1 is 1.25 bits per heavy atom. The fourth-order valence-electron chi connectivity index (χ4n) is 1.56. The van der Waals surface area contributed by atoms with Crippen molar-refractivity contribution in [3.63, 3.8) is 0 Å². The van der Waals surface area contributed by atoms with Gasteiger partial charge in [0.2, 0.25) is 0 Å². The number of benzene rings is 1.